The molecule has 11 heteroatoms. The van der Waals surface area contributed by atoms with Gasteiger partial charge in [0.2, 0.25) is 0 Å². The molecule has 0 saturated heterocycles. The van der Waals surface area contributed by atoms with Gasteiger partial charge in [-0.1, -0.05) is 42.5 Å². The molecule has 1 aliphatic heterocycles. The molecule has 0 saturated carbocycles. The zero-order chi connectivity index (χ0) is 22.8. The minimum absolute atomic E-state index is 0.117. The molecular weight excluding hydrogens is 419 g/mol. The fourth-order valence-electron chi connectivity index (χ4n) is 2.39. The van der Waals surface area contributed by atoms with Crippen molar-refractivity contribution in [3.05, 3.63) is 60.8 Å². The molecule has 0 fully saturated rings. The highest BCUT2D eigenvalue weighted by Gasteiger charge is 2.37. The summed E-state index contributed by atoms with van der Waals surface area (Å²) in [6.07, 6.45) is 8.07. The van der Waals surface area contributed by atoms with Crippen LogP contribution in [0.3, 0.4) is 0 Å². The van der Waals surface area contributed by atoms with E-state index in [2.05, 4.69) is 4.52 Å². The molecule has 0 unspecified atom stereocenters. The Labute approximate surface area is 174 Å². The summed E-state index contributed by atoms with van der Waals surface area (Å²) in [6.45, 7) is 1.07. The van der Waals surface area contributed by atoms with Crippen LogP contribution in [0.4, 0.5) is 0 Å². The number of hydrogen-bond donors (Lipinski definition) is 6. The van der Waals surface area contributed by atoms with Crippen molar-refractivity contribution in [3.8, 4) is 0 Å². The predicted octanol–water partition coefficient (Wildman–Crippen LogP) is 0.0259. The lowest BCUT2D eigenvalue weighted by Crippen LogP contribution is -2.41. The third-order valence-electron chi connectivity index (χ3n) is 3.92. The van der Waals surface area contributed by atoms with Crippen molar-refractivity contribution >= 4 is 13.8 Å². The molecule has 1 rings (SSSR count). The summed E-state index contributed by atoms with van der Waals surface area (Å²) in [5, 5.41) is 39.2. The third-order valence-corrected chi connectivity index (χ3v) is 4.45. The molecule has 0 aromatic rings. The minimum atomic E-state index is -5.02. The van der Waals surface area contributed by atoms with Crippen LogP contribution in [0.2, 0.25) is 0 Å². The van der Waals surface area contributed by atoms with Gasteiger partial charge in [0.1, 0.15) is 23.9 Å². The van der Waals surface area contributed by atoms with Crippen molar-refractivity contribution in [1.29, 1.82) is 0 Å². The number of phosphoric acid groups is 1. The van der Waals surface area contributed by atoms with E-state index in [1.165, 1.54) is 37.3 Å². The molecule has 168 valence electrons. The van der Waals surface area contributed by atoms with E-state index in [0.29, 0.717) is 0 Å². The van der Waals surface area contributed by atoms with Crippen LogP contribution >= 0.6 is 7.82 Å². The van der Waals surface area contributed by atoms with Crippen LogP contribution in [0.5, 0.6) is 0 Å². The van der Waals surface area contributed by atoms with E-state index in [-0.39, 0.29) is 13.0 Å². The topological polar surface area (TPSA) is 174 Å². The standard InChI is InChI=1S/C19H27O10P/c1-19(24,11-10-16-15(22)8-9-18(23)28-16)17(29-30(25,26)27)13-14(21)7-5-3-2-4-6-12-20/h2-11,14-17,20-22,24H,12-13H2,1H3,(H2,25,26,27)/b3-2-,6-4+,7-5-,11-10+/t14-,15-,16+,17+,19+/m0/s1. The average molecular weight is 446 g/mol. The number of aliphatic hydroxyl groups is 4. The Hall–Kier alpha value is -1.88. The normalized spacial score (nSPS) is 24.7. The van der Waals surface area contributed by atoms with Gasteiger partial charge < -0.3 is 34.9 Å². The van der Waals surface area contributed by atoms with Crippen LogP contribution in [0.15, 0.2) is 60.8 Å². The number of aliphatic hydroxyl groups excluding tert-OH is 3. The molecule has 0 radical (unpaired) electrons. The largest absolute Gasteiger partial charge is 0.469 e. The highest BCUT2D eigenvalue weighted by molar-refractivity contribution is 7.46. The Morgan fingerprint density at radius 1 is 1.30 bits per heavy atom. The molecule has 0 spiro atoms. The predicted molar refractivity (Wildman–Crippen MR) is 107 cm³/mol. The number of carbonyl (C=O) groups is 1. The number of cyclic esters (lactones) is 1. The quantitative estimate of drug-likeness (QED) is 0.110. The van der Waals surface area contributed by atoms with Gasteiger partial charge in [0.25, 0.3) is 0 Å². The van der Waals surface area contributed by atoms with Gasteiger partial charge in [0.15, 0.2) is 0 Å². The zero-order valence-corrected chi connectivity index (χ0v) is 17.2. The Morgan fingerprint density at radius 2 is 1.97 bits per heavy atom. The maximum atomic E-state index is 11.3. The van der Waals surface area contributed by atoms with Gasteiger partial charge in [-0.2, -0.15) is 0 Å². The Morgan fingerprint density at radius 3 is 2.60 bits per heavy atom. The molecule has 10 nitrogen and oxygen atoms in total. The molecule has 0 aromatic carbocycles. The van der Waals surface area contributed by atoms with Gasteiger partial charge in [0.05, 0.1) is 12.7 Å². The van der Waals surface area contributed by atoms with Gasteiger partial charge >= 0.3 is 13.8 Å². The van der Waals surface area contributed by atoms with E-state index in [0.717, 1.165) is 12.2 Å². The number of ether oxygens (including phenoxy) is 1. The smallest absolute Gasteiger partial charge is 0.452 e. The SMILES string of the molecule is C[C@@](O)(/C=C/[C@H]1OC(=O)C=C[C@@H]1O)[C@@H](C[C@@H](O)\C=C/C=C\C=C\CO)OP(=O)(O)O. The van der Waals surface area contributed by atoms with Gasteiger partial charge in [-0.05, 0) is 19.1 Å². The second-order valence-corrected chi connectivity index (χ2v) is 7.80. The first-order valence-electron chi connectivity index (χ1n) is 8.96. The van der Waals surface area contributed by atoms with Crippen LogP contribution in [0.1, 0.15) is 13.3 Å². The molecule has 1 heterocycles. The van der Waals surface area contributed by atoms with E-state index >= 15 is 0 Å². The van der Waals surface area contributed by atoms with E-state index < -0.39 is 43.8 Å². The monoisotopic (exact) mass is 446 g/mol. The second-order valence-electron chi connectivity index (χ2n) is 6.60. The molecule has 0 bridgehead atoms. The second kappa shape index (κ2) is 12.1. The average Bonchev–Trinajstić information content (AvgIpc) is 2.63. The van der Waals surface area contributed by atoms with Crippen molar-refractivity contribution in [1.82, 2.24) is 0 Å². The molecule has 6 N–H and O–H groups in total. The minimum Gasteiger partial charge on any atom is -0.452 e. The summed E-state index contributed by atoms with van der Waals surface area (Å²) in [4.78, 5) is 29.6. The fraction of sp³-hybridized carbons (Fsp3) is 0.421. The fourth-order valence-corrected chi connectivity index (χ4v) is 3.02. The molecule has 0 aliphatic carbocycles. The number of phosphoric ester groups is 1. The number of carbonyl (C=O) groups excluding carboxylic acids is 1. The maximum absolute atomic E-state index is 11.3. The van der Waals surface area contributed by atoms with Gasteiger partial charge in [-0.25, -0.2) is 9.36 Å². The van der Waals surface area contributed by atoms with Crippen LogP contribution < -0.4 is 0 Å². The molecule has 0 aromatic heterocycles. The highest BCUT2D eigenvalue weighted by atomic mass is 31.2. The molecule has 5 atom stereocenters. The van der Waals surface area contributed by atoms with E-state index in [1.54, 1.807) is 18.2 Å². The van der Waals surface area contributed by atoms with Gasteiger partial charge in [0, 0.05) is 12.5 Å². The van der Waals surface area contributed by atoms with Crippen molar-refractivity contribution in [3.63, 3.8) is 0 Å². The van der Waals surface area contributed by atoms with Crippen LogP contribution in [-0.4, -0.2) is 72.8 Å². The van der Waals surface area contributed by atoms with Gasteiger partial charge in [-0.3, -0.25) is 4.52 Å². The van der Waals surface area contributed by atoms with Crippen molar-refractivity contribution in [2.24, 2.45) is 0 Å². The lowest BCUT2D eigenvalue weighted by Gasteiger charge is -2.32. The lowest BCUT2D eigenvalue weighted by atomic mass is 9.92. The maximum Gasteiger partial charge on any atom is 0.469 e. The number of rotatable bonds is 11. The summed E-state index contributed by atoms with van der Waals surface area (Å²) in [5.41, 5.74) is -2.00. The van der Waals surface area contributed by atoms with Crippen LogP contribution in [-0.2, 0) is 18.6 Å². The van der Waals surface area contributed by atoms with E-state index in [9.17, 15) is 24.7 Å². The van der Waals surface area contributed by atoms with Crippen molar-refractivity contribution in [2.45, 2.75) is 43.4 Å². The molecule has 30 heavy (non-hydrogen) atoms. The Balaban J connectivity index is 2.90. The number of esters is 1. The van der Waals surface area contributed by atoms with Crippen LogP contribution in [0, 0.1) is 0 Å². The van der Waals surface area contributed by atoms with E-state index in [4.69, 9.17) is 19.6 Å². The molecule has 1 aliphatic rings. The van der Waals surface area contributed by atoms with E-state index in [1.807, 2.05) is 0 Å². The summed E-state index contributed by atoms with van der Waals surface area (Å²) >= 11 is 0. The number of allylic oxidation sites excluding steroid dienone is 4. The Kier molecular flexibility index (Phi) is 10.5. The zero-order valence-electron chi connectivity index (χ0n) is 16.3. The number of hydrogen-bond acceptors (Lipinski definition) is 8. The summed E-state index contributed by atoms with van der Waals surface area (Å²) in [6, 6.07) is 0. The molecule has 0 amide bonds. The lowest BCUT2D eigenvalue weighted by molar-refractivity contribution is -0.146. The van der Waals surface area contributed by atoms with Crippen LogP contribution in [0.25, 0.3) is 0 Å². The highest BCUT2D eigenvalue weighted by Crippen LogP contribution is 2.41. The third kappa shape index (κ3) is 10.2. The first-order valence-corrected chi connectivity index (χ1v) is 10.5. The van der Waals surface area contributed by atoms with Gasteiger partial charge in [-0.15, -0.1) is 0 Å². The first-order chi connectivity index (χ1) is 13.9. The molecular formula is C19H27O10P. The summed E-state index contributed by atoms with van der Waals surface area (Å²) < 4.78 is 20.9. The Bertz CT molecular complexity index is 746. The van der Waals surface area contributed by atoms with Crippen molar-refractivity contribution in [2.75, 3.05) is 6.61 Å². The summed E-state index contributed by atoms with van der Waals surface area (Å²) in [5.74, 6) is -0.694. The summed E-state index contributed by atoms with van der Waals surface area (Å²) in [7, 11) is -5.02. The van der Waals surface area contributed by atoms with Crippen molar-refractivity contribution < 1.29 is 48.8 Å². The first kappa shape index (κ1) is 26.2.